The van der Waals surface area contributed by atoms with Gasteiger partial charge in [0.15, 0.2) is 23.5 Å². The van der Waals surface area contributed by atoms with Crippen molar-refractivity contribution in [3.05, 3.63) is 310 Å². The van der Waals surface area contributed by atoms with Gasteiger partial charge in [0.1, 0.15) is 28.3 Å². The number of aromatic nitrogens is 12. The number of amides is 3. The van der Waals surface area contributed by atoms with E-state index in [0.717, 1.165) is 5.69 Å². The van der Waals surface area contributed by atoms with E-state index in [1.807, 2.05) is 62.4 Å². The van der Waals surface area contributed by atoms with Crippen molar-refractivity contribution in [2.75, 3.05) is 6.61 Å². The third kappa shape index (κ3) is 14.0. The van der Waals surface area contributed by atoms with E-state index < -0.39 is 59.7 Å². The summed E-state index contributed by atoms with van der Waals surface area (Å²) in [7, 11) is 0. The Bertz CT molecular complexity index is 6160. The number of nitrogens with one attached hydrogen (secondary N) is 3. The molecule has 9 heterocycles. The molecular formula is C78H63Cl2F4N15O7. The zero-order chi connectivity index (χ0) is 75.0. The van der Waals surface area contributed by atoms with Gasteiger partial charge in [0.25, 0.3) is 34.4 Å². The first-order valence-corrected chi connectivity index (χ1v) is 33.9. The number of para-hydroxylation sites is 3. The molecular weight excluding hydrogens is 1410 g/mol. The molecule has 0 unspecified atom stereocenters. The molecule has 6 aromatic carbocycles. The van der Waals surface area contributed by atoms with Crippen LogP contribution in [0.4, 0.5) is 17.6 Å². The lowest BCUT2D eigenvalue weighted by Crippen LogP contribution is -2.32. The SMILES string of the molecule is Cc1nn2c(C)ccnc2c1C(=O)N[C@@H](C)c1cc2cccc(Cl)c2c(=O)n1-c1ccccc1.Cc1nn2cccnc2c1C(=O)N[C@@H](C)c1cc2cccc(Cl)c2c(=O)n1-c1ccccc1F.Cc1nn2cccnc2c1C(=O)N[C@@H](C)c1cc2cccc(OCC(F)(F)F)c2c(=O)n1-c1ccccc1. The van der Waals surface area contributed by atoms with Crippen molar-refractivity contribution in [2.24, 2.45) is 0 Å². The molecule has 0 saturated heterocycles. The van der Waals surface area contributed by atoms with E-state index in [1.54, 1.807) is 178 Å². The van der Waals surface area contributed by atoms with Gasteiger partial charge >= 0.3 is 6.18 Å². The molecule has 0 spiro atoms. The molecule has 534 valence electrons. The van der Waals surface area contributed by atoms with Gasteiger partial charge in [0, 0.05) is 65.1 Å². The molecule has 9 aromatic heterocycles. The Morgan fingerprint density at radius 2 is 0.877 bits per heavy atom. The number of halogens is 6. The molecule has 0 saturated carbocycles. The van der Waals surface area contributed by atoms with Crippen LogP contribution >= 0.6 is 23.2 Å². The summed E-state index contributed by atoms with van der Waals surface area (Å²) >= 11 is 12.7. The van der Waals surface area contributed by atoms with Gasteiger partial charge in [0.2, 0.25) is 0 Å². The zero-order valence-corrected chi connectivity index (χ0v) is 59.1. The highest BCUT2D eigenvalue weighted by Gasteiger charge is 2.31. The number of ether oxygens (including phenoxy) is 1. The number of benzene rings is 6. The van der Waals surface area contributed by atoms with Crippen LogP contribution in [0.5, 0.6) is 5.75 Å². The first kappa shape index (κ1) is 71.7. The molecule has 0 fully saturated rings. The Kier molecular flexibility index (Phi) is 20.0. The number of pyridine rings is 3. The summed E-state index contributed by atoms with van der Waals surface area (Å²) < 4.78 is 67.3. The minimum absolute atomic E-state index is 0.00514. The topological polar surface area (TPSA) is 253 Å². The lowest BCUT2D eigenvalue weighted by atomic mass is 10.1. The number of alkyl halides is 3. The number of rotatable bonds is 14. The van der Waals surface area contributed by atoms with Crippen LogP contribution in [0.25, 0.3) is 66.3 Å². The summed E-state index contributed by atoms with van der Waals surface area (Å²) in [5.41, 5.74) is 6.22. The highest BCUT2D eigenvalue weighted by atomic mass is 35.5. The molecule has 0 aliphatic rings. The molecule has 28 heteroatoms. The molecule has 3 amide bonds. The van der Waals surface area contributed by atoms with Gasteiger partial charge in [-0.25, -0.2) is 32.9 Å². The fraction of sp³-hybridized carbons (Fsp3) is 0.154. The Morgan fingerprint density at radius 3 is 1.36 bits per heavy atom. The van der Waals surface area contributed by atoms with E-state index in [1.165, 1.54) is 42.4 Å². The molecule has 3 N–H and O–H groups in total. The Balaban J connectivity index is 0.000000141. The van der Waals surface area contributed by atoms with Crippen molar-refractivity contribution in [3.63, 3.8) is 0 Å². The van der Waals surface area contributed by atoms with E-state index in [0.29, 0.717) is 106 Å². The summed E-state index contributed by atoms with van der Waals surface area (Å²) in [4.78, 5) is 93.8. The maximum absolute atomic E-state index is 14.8. The lowest BCUT2D eigenvalue weighted by Gasteiger charge is -2.21. The van der Waals surface area contributed by atoms with E-state index in [-0.39, 0.29) is 38.7 Å². The molecule has 3 atom stereocenters. The third-order valence-electron chi connectivity index (χ3n) is 17.7. The standard InChI is InChI=1S/C27H22F3N5O3.C26H22ClN5O2.C25H19ClFN5O2/c1-16(32-25(36)22-17(2)33-34-13-7-12-31-24(22)34)20-14-18-8-6-11-21(38-15-27(28,29)30)23(18)26(37)35(20)19-9-4-3-5-10-19;1-15-12-13-28-24-22(17(3)30-32(15)24)25(33)29-16(2)21-14-18-8-7-11-20(27)23(18)26(34)31(21)19-9-5-4-6-10-19;1-14(29-24(33)21-15(2)30-31-12-6-11-28-23(21)31)20-13-16-7-5-8-17(26)22(16)25(34)32(20)19-10-4-3-9-18(19)27/h3-14,16H,15H2,1-2H3,(H,32,36);4-14,16H,1-3H3,(H,29,33);3-14H,1-2H3,(H,29,33)/t2*16-;14-/m000/s1. The van der Waals surface area contributed by atoms with Crippen LogP contribution in [-0.4, -0.2) is 88.0 Å². The van der Waals surface area contributed by atoms with Gasteiger partial charge in [-0.15, -0.1) is 0 Å². The van der Waals surface area contributed by atoms with Gasteiger partial charge in [0.05, 0.1) is 67.1 Å². The van der Waals surface area contributed by atoms with Crippen molar-refractivity contribution in [1.29, 1.82) is 0 Å². The molecule has 15 rings (SSSR count). The Labute approximate surface area is 609 Å². The molecule has 0 aliphatic heterocycles. The number of hydrogen-bond acceptors (Lipinski definition) is 13. The fourth-order valence-electron chi connectivity index (χ4n) is 12.8. The van der Waals surface area contributed by atoms with Crippen molar-refractivity contribution in [3.8, 4) is 22.8 Å². The third-order valence-corrected chi connectivity index (χ3v) is 18.3. The minimum atomic E-state index is -4.57. The monoisotopic (exact) mass is 1470 g/mol. The van der Waals surface area contributed by atoms with Crippen molar-refractivity contribution >= 4 is 90.2 Å². The van der Waals surface area contributed by atoms with E-state index in [9.17, 15) is 46.3 Å². The molecule has 0 bridgehead atoms. The second kappa shape index (κ2) is 29.6. The van der Waals surface area contributed by atoms with Crippen molar-refractivity contribution in [1.82, 2.24) is 73.4 Å². The summed E-state index contributed by atoms with van der Waals surface area (Å²) in [6, 6.07) is 47.6. The Morgan fingerprint density at radius 1 is 0.472 bits per heavy atom. The summed E-state index contributed by atoms with van der Waals surface area (Å²) in [6.07, 6.45) is 3.63. The first-order chi connectivity index (χ1) is 50.9. The van der Waals surface area contributed by atoms with Crippen LogP contribution in [-0.2, 0) is 0 Å². The number of fused-ring (bicyclic) bond motifs is 6. The van der Waals surface area contributed by atoms with Crippen LogP contribution in [0.1, 0.15) is 110 Å². The van der Waals surface area contributed by atoms with Crippen LogP contribution < -0.4 is 37.4 Å². The average molecular weight is 1470 g/mol. The summed E-state index contributed by atoms with van der Waals surface area (Å²) in [5.74, 6) is -1.89. The lowest BCUT2D eigenvalue weighted by molar-refractivity contribution is -0.153. The second-order valence-electron chi connectivity index (χ2n) is 24.8. The van der Waals surface area contributed by atoms with Gasteiger partial charge in [-0.2, -0.15) is 28.5 Å². The van der Waals surface area contributed by atoms with E-state index in [4.69, 9.17) is 27.9 Å². The van der Waals surface area contributed by atoms with Crippen LogP contribution in [0.2, 0.25) is 10.0 Å². The fourth-order valence-corrected chi connectivity index (χ4v) is 13.3. The quantitative estimate of drug-likeness (QED) is 0.0858. The average Bonchev–Trinajstić information content (AvgIpc) is 1.16. The number of aryl methyl sites for hydroxylation is 4. The maximum Gasteiger partial charge on any atom is 0.422 e. The largest absolute Gasteiger partial charge is 0.483 e. The highest BCUT2D eigenvalue weighted by molar-refractivity contribution is 6.36. The van der Waals surface area contributed by atoms with Gasteiger partial charge in [-0.3, -0.25) is 42.5 Å². The summed E-state index contributed by atoms with van der Waals surface area (Å²) in [6.45, 7) is 10.9. The number of nitrogens with zero attached hydrogens (tertiary/aromatic N) is 12. The van der Waals surface area contributed by atoms with E-state index in [2.05, 4.69) is 46.2 Å². The predicted octanol–water partition coefficient (Wildman–Crippen LogP) is 14.2. The summed E-state index contributed by atoms with van der Waals surface area (Å²) in [5, 5.41) is 25.1. The molecule has 22 nitrogen and oxygen atoms in total. The van der Waals surface area contributed by atoms with Crippen molar-refractivity contribution in [2.45, 2.75) is 72.8 Å². The normalized spacial score (nSPS) is 12.3. The van der Waals surface area contributed by atoms with Crippen molar-refractivity contribution < 1.29 is 36.7 Å². The van der Waals surface area contributed by atoms with Crippen LogP contribution in [0.3, 0.4) is 0 Å². The van der Waals surface area contributed by atoms with Gasteiger partial charge in [-0.1, -0.05) is 108 Å². The van der Waals surface area contributed by atoms with Gasteiger partial charge < -0.3 is 20.7 Å². The second-order valence-corrected chi connectivity index (χ2v) is 25.7. The maximum atomic E-state index is 14.8. The Hall–Kier alpha value is -12.7. The number of hydrogen-bond donors (Lipinski definition) is 3. The minimum Gasteiger partial charge on any atom is -0.483 e. The zero-order valence-electron chi connectivity index (χ0n) is 57.6. The first-order valence-electron chi connectivity index (χ1n) is 33.1. The smallest absolute Gasteiger partial charge is 0.422 e. The number of carbonyl (C=O) groups excluding carboxylic acids is 3. The highest BCUT2D eigenvalue weighted by Crippen LogP contribution is 2.32. The molecule has 0 radical (unpaired) electrons. The van der Waals surface area contributed by atoms with Crippen LogP contribution in [0, 0.1) is 33.5 Å². The van der Waals surface area contributed by atoms with E-state index >= 15 is 0 Å². The number of carbonyl (C=O) groups is 3. The molecule has 15 aromatic rings. The van der Waals surface area contributed by atoms with Gasteiger partial charge in [-0.05, 0) is 156 Å². The molecule has 0 aliphatic carbocycles. The molecule has 106 heavy (non-hydrogen) atoms. The predicted molar refractivity (Wildman–Crippen MR) is 396 cm³/mol. The van der Waals surface area contributed by atoms with Crippen LogP contribution in [0.15, 0.2) is 221 Å².